The molecular weight excluding hydrogens is 590 g/mol. The first kappa shape index (κ1) is 29.7. The number of anilines is 1. The summed E-state index contributed by atoms with van der Waals surface area (Å²) in [5, 5.41) is 3.24. The Morgan fingerprint density at radius 3 is 2.18 bits per heavy atom. The Morgan fingerprint density at radius 1 is 0.974 bits per heavy atom. The molecule has 3 aromatic carbocycles. The molecule has 2 amide bonds. The second kappa shape index (κ2) is 12.8. The van der Waals surface area contributed by atoms with Gasteiger partial charge in [-0.3, -0.25) is 13.9 Å². The van der Waals surface area contributed by atoms with Crippen molar-refractivity contribution in [1.29, 1.82) is 0 Å². The molecule has 0 heterocycles. The number of hydrogen-bond donors (Lipinski definition) is 1. The van der Waals surface area contributed by atoms with Crippen LogP contribution in [0.3, 0.4) is 0 Å². The Morgan fingerprint density at radius 2 is 1.61 bits per heavy atom. The normalized spacial score (nSPS) is 12.2. The highest BCUT2D eigenvalue weighted by Gasteiger charge is 2.32. The maximum absolute atomic E-state index is 13.9. The molecule has 7 nitrogen and oxygen atoms in total. The molecule has 10 heteroatoms. The van der Waals surface area contributed by atoms with Crippen molar-refractivity contribution in [3.63, 3.8) is 0 Å². The smallest absolute Gasteiger partial charge is 0.264 e. The van der Waals surface area contributed by atoms with E-state index in [0.717, 1.165) is 19.9 Å². The van der Waals surface area contributed by atoms with Crippen molar-refractivity contribution in [3.8, 4) is 0 Å². The molecule has 0 aromatic heterocycles. The average Bonchev–Trinajstić information content (AvgIpc) is 2.86. The van der Waals surface area contributed by atoms with Gasteiger partial charge in [0, 0.05) is 22.1 Å². The van der Waals surface area contributed by atoms with Crippen LogP contribution in [-0.2, 0) is 26.2 Å². The van der Waals surface area contributed by atoms with Gasteiger partial charge in [-0.15, -0.1) is 0 Å². The van der Waals surface area contributed by atoms with Crippen LogP contribution in [0.2, 0.25) is 5.02 Å². The molecule has 38 heavy (non-hydrogen) atoms. The summed E-state index contributed by atoms with van der Waals surface area (Å²) in [6, 6.07) is 19.1. The van der Waals surface area contributed by atoms with E-state index in [9.17, 15) is 18.0 Å². The van der Waals surface area contributed by atoms with E-state index in [1.807, 2.05) is 51.1 Å². The fourth-order valence-corrected chi connectivity index (χ4v) is 5.62. The summed E-state index contributed by atoms with van der Waals surface area (Å²) in [5.41, 5.74) is 1.98. The molecular formula is C28H31BrClN3O4S. The van der Waals surface area contributed by atoms with Gasteiger partial charge in [-0.05, 0) is 87.4 Å². The van der Waals surface area contributed by atoms with E-state index in [2.05, 4.69) is 21.2 Å². The number of aryl methyl sites for hydroxylation is 1. The van der Waals surface area contributed by atoms with Gasteiger partial charge in [0.2, 0.25) is 11.8 Å². The van der Waals surface area contributed by atoms with Gasteiger partial charge < -0.3 is 10.2 Å². The van der Waals surface area contributed by atoms with Crippen molar-refractivity contribution in [2.45, 2.75) is 51.2 Å². The van der Waals surface area contributed by atoms with Gasteiger partial charge in [-0.25, -0.2) is 8.42 Å². The van der Waals surface area contributed by atoms with Crippen LogP contribution >= 0.6 is 27.5 Å². The van der Waals surface area contributed by atoms with Crippen LogP contribution in [0.25, 0.3) is 0 Å². The predicted molar refractivity (Wildman–Crippen MR) is 155 cm³/mol. The van der Waals surface area contributed by atoms with Gasteiger partial charge in [0.25, 0.3) is 10.0 Å². The second-order valence-corrected chi connectivity index (χ2v) is 12.5. The predicted octanol–water partition coefficient (Wildman–Crippen LogP) is 5.55. The minimum Gasteiger partial charge on any atom is -0.352 e. The first-order chi connectivity index (χ1) is 17.9. The van der Waals surface area contributed by atoms with Gasteiger partial charge in [0.15, 0.2) is 0 Å². The molecule has 0 spiro atoms. The zero-order chi connectivity index (χ0) is 28.0. The summed E-state index contributed by atoms with van der Waals surface area (Å²) in [5.74, 6) is -0.841. The molecule has 0 aliphatic carbocycles. The lowest BCUT2D eigenvalue weighted by molar-refractivity contribution is -0.139. The van der Waals surface area contributed by atoms with Crippen LogP contribution in [0, 0.1) is 6.92 Å². The molecule has 0 fully saturated rings. The molecule has 0 aliphatic rings. The quantitative estimate of drug-likeness (QED) is 0.322. The third-order valence-electron chi connectivity index (χ3n) is 5.83. The van der Waals surface area contributed by atoms with Crippen molar-refractivity contribution >= 4 is 55.1 Å². The summed E-state index contributed by atoms with van der Waals surface area (Å²) in [4.78, 5) is 28.2. The van der Waals surface area contributed by atoms with Crippen molar-refractivity contribution < 1.29 is 18.0 Å². The van der Waals surface area contributed by atoms with Crippen LogP contribution in [0.1, 0.15) is 31.9 Å². The van der Waals surface area contributed by atoms with Crippen molar-refractivity contribution in [1.82, 2.24) is 10.2 Å². The van der Waals surface area contributed by atoms with Crippen LogP contribution in [-0.4, -0.2) is 43.8 Å². The van der Waals surface area contributed by atoms with E-state index in [-0.39, 0.29) is 23.4 Å². The molecule has 202 valence electrons. The summed E-state index contributed by atoms with van der Waals surface area (Å²) in [6.07, 6.45) is 0. The molecule has 1 N–H and O–H groups in total. The minimum absolute atomic E-state index is 0.00117. The zero-order valence-electron chi connectivity index (χ0n) is 21.7. The largest absolute Gasteiger partial charge is 0.352 e. The molecule has 0 bridgehead atoms. The molecule has 0 saturated carbocycles. The van der Waals surface area contributed by atoms with Gasteiger partial charge in [-0.1, -0.05) is 51.8 Å². The Bertz CT molecular complexity index is 1380. The molecule has 3 rings (SSSR count). The van der Waals surface area contributed by atoms with E-state index >= 15 is 0 Å². The molecule has 0 radical (unpaired) electrons. The lowest BCUT2D eigenvalue weighted by atomic mass is 10.1. The number of nitrogens with zero attached hydrogens (tertiary/aromatic N) is 2. The average molecular weight is 621 g/mol. The van der Waals surface area contributed by atoms with E-state index in [1.54, 1.807) is 25.1 Å². The molecule has 0 saturated heterocycles. The molecule has 3 aromatic rings. The standard InChI is InChI=1S/C28H31BrClN3O4S/c1-19(2)31-28(35)21(4)32(17-22-8-10-23(29)11-9-22)27(34)18-33(25-7-5-6-20(3)16-25)38(36,37)26-14-12-24(30)13-15-26/h5-16,19,21H,17-18H2,1-4H3,(H,31,35)/t21-/m0/s1. The van der Waals surface area contributed by atoms with Crippen LogP contribution < -0.4 is 9.62 Å². The fourth-order valence-electron chi connectivity index (χ4n) is 3.82. The number of rotatable bonds is 10. The maximum Gasteiger partial charge on any atom is 0.264 e. The van der Waals surface area contributed by atoms with Gasteiger partial charge >= 0.3 is 0 Å². The summed E-state index contributed by atoms with van der Waals surface area (Å²) in [6.45, 7) is 6.79. The first-order valence-corrected chi connectivity index (χ1v) is 14.7. The number of benzene rings is 3. The molecule has 0 aliphatic heterocycles. The lowest BCUT2D eigenvalue weighted by Gasteiger charge is -2.32. The number of hydrogen-bond acceptors (Lipinski definition) is 4. The third kappa shape index (κ3) is 7.58. The highest BCUT2D eigenvalue weighted by molar-refractivity contribution is 9.10. The highest BCUT2D eigenvalue weighted by atomic mass is 79.9. The van der Waals surface area contributed by atoms with Crippen LogP contribution in [0.15, 0.2) is 82.2 Å². The summed E-state index contributed by atoms with van der Waals surface area (Å²) in [7, 11) is -4.14. The van der Waals surface area contributed by atoms with E-state index in [4.69, 9.17) is 11.6 Å². The van der Waals surface area contributed by atoms with Crippen molar-refractivity contribution in [3.05, 3.63) is 93.4 Å². The van der Waals surface area contributed by atoms with Crippen LogP contribution in [0.5, 0.6) is 0 Å². The van der Waals surface area contributed by atoms with E-state index in [1.165, 1.54) is 29.2 Å². The first-order valence-electron chi connectivity index (χ1n) is 12.1. The number of carbonyl (C=O) groups is 2. The zero-order valence-corrected chi connectivity index (χ0v) is 24.8. The number of sulfonamides is 1. The Balaban J connectivity index is 2.03. The van der Waals surface area contributed by atoms with Gasteiger partial charge in [-0.2, -0.15) is 0 Å². The highest BCUT2D eigenvalue weighted by Crippen LogP contribution is 2.26. The van der Waals surface area contributed by atoms with Crippen molar-refractivity contribution in [2.24, 2.45) is 0 Å². The van der Waals surface area contributed by atoms with E-state index < -0.39 is 28.5 Å². The molecule has 1 atom stereocenters. The van der Waals surface area contributed by atoms with Crippen molar-refractivity contribution in [2.75, 3.05) is 10.8 Å². The Kier molecular flexibility index (Phi) is 9.98. The van der Waals surface area contributed by atoms with Gasteiger partial charge in [0.1, 0.15) is 12.6 Å². The van der Waals surface area contributed by atoms with Gasteiger partial charge in [0.05, 0.1) is 10.6 Å². The number of carbonyl (C=O) groups excluding carboxylic acids is 2. The Labute approximate surface area is 238 Å². The number of nitrogens with one attached hydrogen (secondary N) is 1. The fraction of sp³-hybridized carbons (Fsp3) is 0.286. The molecule has 0 unspecified atom stereocenters. The Hall–Kier alpha value is -2.88. The van der Waals surface area contributed by atoms with Crippen LogP contribution in [0.4, 0.5) is 5.69 Å². The third-order valence-corrected chi connectivity index (χ3v) is 8.40. The summed E-state index contributed by atoms with van der Waals surface area (Å²) < 4.78 is 29.5. The SMILES string of the molecule is Cc1cccc(N(CC(=O)N(Cc2ccc(Br)cc2)[C@@H](C)C(=O)NC(C)C)S(=O)(=O)c2ccc(Cl)cc2)c1. The number of halogens is 2. The minimum atomic E-state index is -4.14. The summed E-state index contributed by atoms with van der Waals surface area (Å²) >= 11 is 9.39. The maximum atomic E-state index is 13.9. The van der Waals surface area contributed by atoms with E-state index in [0.29, 0.717) is 10.7 Å². The lowest BCUT2D eigenvalue weighted by Crippen LogP contribution is -2.52. The second-order valence-electron chi connectivity index (χ2n) is 9.29. The topological polar surface area (TPSA) is 86.8 Å². The monoisotopic (exact) mass is 619 g/mol. The number of amides is 2.